The van der Waals surface area contributed by atoms with Crippen molar-refractivity contribution in [1.29, 1.82) is 0 Å². The summed E-state index contributed by atoms with van der Waals surface area (Å²) in [5.74, 6) is 0.406. The Morgan fingerprint density at radius 2 is 1.67 bits per heavy atom. The van der Waals surface area contributed by atoms with E-state index in [1.165, 1.54) is 0 Å². The maximum absolute atomic E-state index is 11.6. The average molecular weight is 285 g/mol. The van der Waals surface area contributed by atoms with Crippen molar-refractivity contribution in [3.63, 3.8) is 0 Å². The van der Waals surface area contributed by atoms with Gasteiger partial charge in [0, 0.05) is 13.0 Å². The molecule has 0 radical (unpaired) electrons. The Labute approximate surface area is 124 Å². The van der Waals surface area contributed by atoms with Crippen molar-refractivity contribution in [3.05, 3.63) is 66.2 Å². The largest absolute Gasteiger partial charge is 0.484 e. The molecule has 2 N–H and O–H groups in total. The lowest BCUT2D eigenvalue weighted by Gasteiger charge is -2.12. The van der Waals surface area contributed by atoms with Gasteiger partial charge in [0.15, 0.2) is 6.61 Å². The fourth-order valence-corrected chi connectivity index (χ4v) is 1.91. The highest BCUT2D eigenvalue weighted by atomic mass is 16.5. The highest BCUT2D eigenvalue weighted by molar-refractivity contribution is 5.77. The SMILES string of the molecule is O=C(COc1ccccc1)NCC(O)Cc1ccccc1. The monoisotopic (exact) mass is 285 g/mol. The van der Waals surface area contributed by atoms with E-state index in [-0.39, 0.29) is 19.1 Å². The summed E-state index contributed by atoms with van der Waals surface area (Å²) < 4.78 is 5.32. The second-order valence-electron chi connectivity index (χ2n) is 4.75. The lowest BCUT2D eigenvalue weighted by Crippen LogP contribution is -2.36. The molecule has 1 unspecified atom stereocenters. The molecular formula is C17H19NO3. The molecular weight excluding hydrogens is 266 g/mol. The molecule has 0 aliphatic carbocycles. The second kappa shape index (κ2) is 8.07. The fraction of sp³-hybridized carbons (Fsp3) is 0.235. The molecule has 1 atom stereocenters. The van der Waals surface area contributed by atoms with E-state index in [9.17, 15) is 9.90 Å². The minimum atomic E-state index is -0.604. The molecule has 4 nitrogen and oxygen atoms in total. The third-order valence-electron chi connectivity index (χ3n) is 2.96. The number of hydrogen-bond donors (Lipinski definition) is 2. The van der Waals surface area contributed by atoms with Gasteiger partial charge in [0.2, 0.25) is 0 Å². The summed E-state index contributed by atoms with van der Waals surface area (Å²) in [5, 5.41) is 12.5. The molecule has 2 rings (SSSR count). The van der Waals surface area contributed by atoms with Gasteiger partial charge in [-0.2, -0.15) is 0 Å². The van der Waals surface area contributed by atoms with Crippen molar-refractivity contribution in [1.82, 2.24) is 5.32 Å². The normalized spacial score (nSPS) is 11.7. The van der Waals surface area contributed by atoms with Crippen LogP contribution in [0.5, 0.6) is 5.75 Å². The highest BCUT2D eigenvalue weighted by Gasteiger charge is 2.08. The minimum Gasteiger partial charge on any atom is -0.484 e. The third kappa shape index (κ3) is 5.67. The maximum Gasteiger partial charge on any atom is 0.258 e. The van der Waals surface area contributed by atoms with Gasteiger partial charge in [0.05, 0.1) is 6.10 Å². The molecule has 0 heterocycles. The van der Waals surface area contributed by atoms with E-state index in [2.05, 4.69) is 5.32 Å². The molecule has 1 amide bonds. The van der Waals surface area contributed by atoms with Crippen molar-refractivity contribution in [3.8, 4) is 5.75 Å². The second-order valence-corrected chi connectivity index (χ2v) is 4.75. The van der Waals surface area contributed by atoms with Gasteiger partial charge in [-0.25, -0.2) is 0 Å². The predicted molar refractivity (Wildman–Crippen MR) is 81.1 cm³/mol. The summed E-state index contributed by atoms with van der Waals surface area (Å²) in [6, 6.07) is 18.8. The number of nitrogens with one attached hydrogen (secondary N) is 1. The standard InChI is InChI=1S/C17H19NO3/c19-15(11-14-7-3-1-4-8-14)12-18-17(20)13-21-16-9-5-2-6-10-16/h1-10,15,19H,11-13H2,(H,18,20). The molecule has 0 fully saturated rings. The smallest absolute Gasteiger partial charge is 0.258 e. The summed E-state index contributed by atoms with van der Waals surface area (Å²) >= 11 is 0. The Morgan fingerprint density at radius 3 is 2.33 bits per heavy atom. The first-order valence-electron chi connectivity index (χ1n) is 6.90. The van der Waals surface area contributed by atoms with Crippen molar-refractivity contribution in [2.75, 3.05) is 13.2 Å². The van der Waals surface area contributed by atoms with Gasteiger partial charge in [-0.05, 0) is 17.7 Å². The molecule has 110 valence electrons. The van der Waals surface area contributed by atoms with Crippen LogP contribution in [0.3, 0.4) is 0 Å². The number of ether oxygens (including phenoxy) is 1. The van der Waals surface area contributed by atoms with E-state index in [1.54, 1.807) is 12.1 Å². The number of rotatable bonds is 7. The van der Waals surface area contributed by atoms with Crippen LogP contribution in [0.15, 0.2) is 60.7 Å². The molecule has 0 saturated heterocycles. The highest BCUT2D eigenvalue weighted by Crippen LogP contribution is 2.07. The Bertz CT molecular complexity index is 542. The van der Waals surface area contributed by atoms with E-state index in [1.807, 2.05) is 48.5 Å². The van der Waals surface area contributed by atoms with Crippen molar-refractivity contribution < 1.29 is 14.6 Å². The van der Waals surface area contributed by atoms with Crippen LogP contribution in [0.25, 0.3) is 0 Å². The van der Waals surface area contributed by atoms with Crippen LogP contribution in [0.4, 0.5) is 0 Å². The number of aliphatic hydroxyl groups excluding tert-OH is 1. The fourth-order valence-electron chi connectivity index (χ4n) is 1.91. The first-order chi connectivity index (χ1) is 10.2. The van der Waals surface area contributed by atoms with E-state index < -0.39 is 6.10 Å². The summed E-state index contributed by atoms with van der Waals surface area (Å²) in [5.41, 5.74) is 1.04. The van der Waals surface area contributed by atoms with Gasteiger partial charge in [-0.1, -0.05) is 48.5 Å². The van der Waals surface area contributed by atoms with Crippen molar-refractivity contribution >= 4 is 5.91 Å². The lowest BCUT2D eigenvalue weighted by molar-refractivity contribution is -0.123. The Morgan fingerprint density at radius 1 is 1.05 bits per heavy atom. The number of carbonyl (C=O) groups is 1. The van der Waals surface area contributed by atoms with Gasteiger partial charge >= 0.3 is 0 Å². The molecule has 0 aliphatic rings. The molecule has 0 aliphatic heterocycles. The van der Waals surface area contributed by atoms with Crippen LogP contribution < -0.4 is 10.1 Å². The van der Waals surface area contributed by atoms with Crippen molar-refractivity contribution in [2.24, 2.45) is 0 Å². The van der Waals surface area contributed by atoms with Gasteiger partial charge in [0.25, 0.3) is 5.91 Å². The molecule has 2 aromatic carbocycles. The Hall–Kier alpha value is -2.33. The topological polar surface area (TPSA) is 58.6 Å². The van der Waals surface area contributed by atoms with E-state index >= 15 is 0 Å². The average Bonchev–Trinajstić information content (AvgIpc) is 2.53. The predicted octanol–water partition coefficient (Wildman–Crippen LogP) is 1.79. The molecule has 2 aromatic rings. The van der Waals surface area contributed by atoms with Crippen LogP contribution in [-0.2, 0) is 11.2 Å². The zero-order valence-corrected chi connectivity index (χ0v) is 11.7. The van der Waals surface area contributed by atoms with Crippen LogP contribution in [0.2, 0.25) is 0 Å². The third-order valence-corrected chi connectivity index (χ3v) is 2.96. The first-order valence-corrected chi connectivity index (χ1v) is 6.90. The first kappa shape index (κ1) is 15.1. The molecule has 0 bridgehead atoms. The molecule has 0 saturated carbocycles. The number of amides is 1. The quantitative estimate of drug-likeness (QED) is 0.815. The summed E-state index contributed by atoms with van der Waals surface area (Å²) in [6.07, 6.45) is -0.0891. The molecule has 4 heteroatoms. The summed E-state index contributed by atoms with van der Waals surface area (Å²) in [6.45, 7) is 0.161. The minimum absolute atomic E-state index is 0.0535. The Kier molecular flexibility index (Phi) is 5.79. The van der Waals surface area contributed by atoms with Gasteiger partial charge in [0.1, 0.15) is 5.75 Å². The molecule has 0 spiro atoms. The summed E-state index contributed by atoms with van der Waals surface area (Å²) in [4.78, 5) is 11.6. The van der Waals surface area contributed by atoms with E-state index in [4.69, 9.17) is 4.74 Å². The number of aliphatic hydroxyl groups is 1. The van der Waals surface area contributed by atoms with Crippen LogP contribution in [0.1, 0.15) is 5.56 Å². The zero-order valence-electron chi connectivity index (χ0n) is 11.7. The summed E-state index contributed by atoms with van der Waals surface area (Å²) in [7, 11) is 0. The van der Waals surface area contributed by atoms with Gasteiger partial charge in [-0.3, -0.25) is 4.79 Å². The number of carbonyl (C=O) groups excluding carboxylic acids is 1. The van der Waals surface area contributed by atoms with E-state index in [0.29, 0.717) is 12.2 Å². The number of hydrogen-bond acceptors (Lipinski definition) is 3. The van der Waals surface area contributed by atoms with E-state index in [0.717, 1.165) is 5.56 Å². The van der Waals surface area contributed by atoms with Crippen molar-refractivity contribution in [2.45, 2.75) is 12.5 Å². The maximum atomic E-state index is 11.6. The Balaban J connectivity index is 1.66. The van der Waals surface area contributed by atoms with Crippen LogP contribution in [0, 0.1) is 0 Å². The molecule has 21 heavy (non-hydrogen) atoms. The van der Waals surface area contributed by atoms with Crippen LogP contribution in [-0.4, -0.2) is 30.3 Å². The number of para-hydroxylation sites is 1. The number of benzene rings is 2. The van der Waals surface area contributed by atoms with Gasteiger partial charge in [-0.15, -0.1) is 0 Å². The van der Waals surface area contributed by atoms with Gasteiger partial charge < -0.3 is 15.2 Å². The lowest BCUT2D eigenvalue weighted by atomic mass is 10.1. The van der Waals surface area contributed by atoms with Crippen LogP contribution >= 0.6 is 0 Å². The molecule has 0 aromatic heterocycles. The zero-order chi connectivity index (χ0) is 14.9.